The number of halogens is 1. The number of rotatable bonds is 7. The van der Waals surface area contributed by atoms with Crippen LogP contribution in [0.1, 0.15) is 24.8 Å². The van der Waals surface area contributed by atoms with Crippen molar-refractivity contribution in [2.75, 3.05) is 40.3 Å². The Morgan fingerprint density at radius 2 is 2.04 bits per heavy atom. The highest BCUT2D eigenvalue weighted by Crippen LogP contribution is 2.11. The van der Waals surface area contributed by atoms with Crippen LogP contribution in [-0.4, -0.2) is 63.2 Å². The van der Waals surface area contributed by atoms with Gasteiger partial charge in [-0.3, -0.25) is 4.79 Å². The highest BCUT2D eigenvalue weighted by atomic mass is 35.5. The van der Waals surface area contributed by atoms with Gasteiger partial charge in [0.1, 0.15) is 6.54 Å². The summed E-state index contributed by atoms with van der Waals surface area (Å²) in [5, 5.41) is 7.33. The Balaban J connectivity index is 1.84. The predicted molar refractivity (Wildman–Crippen MR) is 106 cm³/mol. The van der Waals surface area contributed by atoms with Gasteiger partial charge in [0, 0.05) is 38.8 Å². The Morgan fingerprint density at radius 3 is 2.69 bits per heavy atom. The van der Waals surface area contributed by atoms with E-state index in [-0.39, 0.29) is 18.6 Å². The van der Waals surface area contributed by atoms with Crippen molar-refractivity contribution in [3.8, 4) is 0 Å². The number of likely N-dealkylation sites (N-methyl/N-ethyl adjacent to an activating group) is 1. The molecular weight excluding hydrogens is 352 g/mol. The van der Waals surface area contributed by atoms with Crippen LogP contribution in [0.25, 0.3) is 0 Å². The molecule has 1 aliphatic heterocycles. The van der Waals surface area contributed by atoms with Gasteiger partial charge < -0.3 is 20.3 Å². The maximum absolute atomic E-state index is 11.8. The zero-order valence-corrected chi connectivity index (χ0v) is 16.4. The van der Waals surface area contributed by atoms with E-state index in [0.29, 0.717) is 12.5 Å². The molecule has 0 spiro atoms. The average Bonchev–Trinajstić information content (AvgIpc) is 2.65. The Labute approximate surface area is 161 Å². The third-order valence-electron chi connectivity index (χ3n) is 4.26. The molecule has 1 fully saturated rings. The Morgan fingerprint density at radius 1 is 1.27 bits per heavy atom. The quantitative estimate of drug-likeness (QED) is 0.561. The normalized spacial score (nSPS) is 17.7. The van der Waals surface area contributed by atoms with Crippen LogP contribution in [0.5, 0.6) is 0 Å². The fourth-order valence-electron chi connectivity index (χ4n) is 2.62. The van der Waals surface area contributed by atoms with Gasteiger partial charge in [0.15, 0.2) is 5.96 Å². The molecule has 1 unspecified atom stereocenters. The van der Waals surface area contributed by atoms with Crippen molar-refractivity contribution < 1.29 is 9.53 Å². The van der Waals surface area contributed by atoms with Crippen LogP contribution in [-0.2, 0) is 16.0 Å². The van der Waals surface area contributed by atoms with Gasteiger partial charge in [0.05, 0.1) is 6.10 Å². The highest BCUT2D eigenvalue weighted by Gasteiger charge is 2.14. The van der Waals surface area contributed by atoms with E-state index in [1.165, 1.54) is 12.0 Å². The van der Waals surface area contributed by atoms with Gasteiger partial charge in [-0.05, 0) is 43.4 Å². The molecule has 1 heterocycles. The number of amides is 1. The first-order valence-corrected chi connectivity index (χ1v) is 9.51. The number of hydrogen-bond donors (Lipinski definition) is 2. The lowest BCUT2D eigenvalue weighted by Crippen LogP contribution is -2.43. The van der Waals surface area contributed by atoms with E-state index in [9.17, 15) is 4.79 Å². The van der Waals surface area contributed by atoms with E-state index >= 15 is 0 Å². The van der Waals surface area contributed by atoms with Gasteiger partial charge in [-0.1, -0.05) is 23.7 Å². The summed E-state index contributed by atoms with van der Waals surface area (Å²) in [6.07, 6.45) is 4.44. The van der Waals surface area contributed by atoms with E-state index in [1.807, 2.05) is 24.3 Å². The summed E-state index contributed by atoms with van der Waals surface area (Å²) in [7, 11) is 3.46. The summed E-state index contributed by atoms with van der Waals surface area (Å²) in [6.45, 7) is 2.36. The molecule has 1 aliphatic rings. The van der Waals surface area contributed by atoms with Crippen LogP contribution in [0.3, 0.4) is 0 Å². The number of ether oxygens (including phenoxy) is 1. The summed E-state index contributed by atoms with van der Waals surface area (Å²) < 4.78 is 5.74. The topological polar surface area (TPSA) is 66.0 Å². The van der Waals surface area contributed by atoms with Crippen LogP contribution in [0.4, 0.5) is 0 Å². The average molecular weight is 381 g/mol. The van der Waals surface area contributed by atoms with Crippen LogP contribution in [0.15, 0.2) is 29.3 Å². The lowest BCUT2D eigenvalue weighted by Gasteiger charge is -2.24. The lowest BCUT2D eigenvalue weighted by atomic mass is 10.1. The third-order valence-corrected chi connectivity index (χ3v) is 4.51. The Bertz CT molecular complexity index is 584. The summed E-state index contributed by atoms with van der Waals surface area (Å²) >= 11 is 5.92. The number of guanidine groups is 1. The molecule has 1 atom stereocenters. The fraction of sp³-hybridized carbons (Fsp3) is 0.579. The Hall–Kier alpha value is -1.79. The van der Waals surface area contributed by atoms with Gasteiger partial charge in [-0.25, -0.2) is 4.99 Å². The van der Waals surface area contributed by atoms with Crippen molar-refractivity contribution in [1.29, 1.82) is 0 Å². The van der Waals surface area contributed by atoms with Crippen LogP contribution in [0.2, 0.25) is 5.02 Å². The maximum Gasteiger partial charge on any atom is 0.243 e. The molecule has 0 radical (unpaired) electrons. The predicted octanol–water partition coefficient (Wildman–Crippen LogP) is 2.07. The number of hydrogen-bond acceptors (Lipinski definition) is 3. The first-order chi connectivity index (χ1) is 12.5. The number of nitrogens with zero attached hydrogens (tertiary/aromatic N) is 2. The van der Waals surface area contributed by atoms with Crippen LogP contribution >= 0.6 is 11.6 Å². The molecule has 7 heteroatoms. The van der Waals surface area contributed by atoms with Crippen molar-refractivity contribution in [2.45, 2.75) is 31.8 Å². The standard InChI is InChI=1S/C19H29ClN4O2/c1-24(2)18(25)14-23-19(22-13-17-5-3-4-12-26-17)21-11-10-15-6-8-16(20)9-7-15/h6-9,17H,3-5,10-14H2,1-2H3,(H2,21,22,23). The van der Waals surface area contributed by atoms with Gasteiger partial charge in [0.2, 0.25) is 5.91 Å². The van der Waals surface area contributed by atoms with Gasteiger partial charge in [-0.15, -0.1) is 0 Å². The lowest BCUT2D eigenvalue weighted by molar-refractivity contribution is -0.127. The third kappa shape index (κ3) is 7.62. The maximum atomic E-state index is 11.8. The van der Waals surface area contributed by atoms with E-state index in [1.54, 1.807) is 19.0 Å². The zero-order chi connectivity index (χ0) is 18.8. The molecule has 0 aromatic heterocycles. The molecule has 0 bridgehead atoms. The molecule has 2 N–H and O–H groups in total. The number of carbonyl (C=O) groups is 1. The highest BCUT2D eigenvalue weighted by molar-refractivity contribution is 6.30. The summed E-state index contributed by atoms with van der Waals surface area (Å²) in [4.78, 5) is 17.7. The van der Waals surface area contributed by atoms with Gasteiger partial charge >= 0.3 is 0 Å². The van der Waals surface area contributed by atoms with Crippen molar-refractivity contribution in [2.24, 2.45) is 4.99 Å². The minimum Gasteiger partial charge on any atom is -0.376 e. The SMILES string of the molecule is CN(C)C(=O)CN=C(NCCc1ccc(Cl)cc1)NCC1CCCCO1. The van der Waals surface area contributed by atoms with E-state index in [0.717, 1.165) is 37.4 Å². The molecule has 1 amide bonds. The van der Waals surface area contributed by atoms with Gasteiger partial charge in [-0.2, -0.15) is 0 Å². The molecule has 26 heavy (non-hydrogen) atoms. The molecule has 144 valence electrons. The van der Waals surface area contributed by atoms with Crippen LogP contribution < -0.4 is 10.6 Å². The molecule has 1 saturated heterocycles. The first kappa shape index (κ1) is 20.5. The zero-order valence-electron chi connectivity index (χ0n) is 15.6. The second kappa shape index (κ2) is 11.0. The molecule has 0 aliphatic carbocycles. The van der Waals surface area contributed by atoms with Crippen molar-refractivity contribution in [3.63, 3.8) is 0 Å². The fourth-order valence-corrected chi connectivity index (χ4v) is 2.74. The minimum absolute atomic E-state index is 0.0299. The second-order valence-electron chi connectivity index (χ2n) is 6.63. The van der Waals surface area contributed by atoms with Crippen molar-refractivity contribution in [1.82, 2.24) is 15.5 Å². The largest absolute Gasteiger partial charge is 0.376 e. The van der Waals surface area contributed by atoms with Crippen LogP contribution in [0, 0.1) is 0 Å². The van der Waals surface area contributed by atoms with E-state index in [4.69, 9.17) is 16.3 Å². The molecule has 0 saturated carbocycles. The molecule has 1 aromatic carbocycles. The first-order valence-electron chi connectivity index (χ1n) is 9.13. The Kier molecular flexibility index (Phi) is 8.71. The summed E-state index contributed by atoms with van der Waals surface area (Å²) in [5.41, 5.74) is 1.20. The molecule has 2 rings (SSSR count). The number of benzene rings is 1. The number of carbonyl (C=O) groups excluding carboxylic acids is 1. The molecular formula is C19H29ClN4O2. The summed E-state index contributed by atoms with van der Waals surface area (Å²) in [6, 6.07) is 7.81. The van der Waals surface area contributed by atoms with E-state index < -0.39 is 0 Å². The second-order valence-corrected chi connectivity index (χ2v) is 7.06. The smallest absolute Gasteiger partial charge is 0.243 e. The number of aliphatic imine (C=N–C) groups is 1. The van der Waals surface area contributed by atoms with E-state index in [2.05, 4.69) is 15.6 Å². The molecule has 1 aromatic rings. The van der Waals surface area contributed by atoms with Crippen molar-refractivity contribution >= 4 is 23.5 Å². The monoisotopic (exact) mass is 380 g/mol. The molecule has 6 nitrogen and oxygen atoms in total. The summed E-state index contributed by atoms with van der Waals surface area (Å²) in [5.74, 6) is 0.612. The van der Waals surface area contributed by atoms with Gasteiger partial charge in [0.25, 0.3) is 0 Å². The minimum atomic E-state index is -0.0299. The number of nitrogens with one attached hydrogen (secondary N) is 2. The van der Waals surface area contributed by atoms with Crippen molar-refractivity contribution in [3.05, 3.63) is 34.9 Å².